The minimum Gasteiger partial charge on any atom is -0.496 e. The third-order valence-electron chi connectivity index (χ3n) is 7.16. The summed E-state index contributed by atoms with van der Waals surface area (Å²) in [5.74, 6) is 0.221. The van der Waals surface area contributed by atoms with E-state index in [0.717, 1.165) is 16.9 Å². The van der Waals surface area contributed by atoms with E-state index in [4.69, 9.17) is 21.4 Å². The zero-order chi connectivity index (χ0) is 24.1. The quantitative estimate of drug-likeness (QED) is 0.427. The van der Waals surface area contributed by atoms with Crippen molar-refractivity contribution in [1.82, 2.24) is 14.8 Å². The first-order valence-corrected chi connectivity index (χ1v) is 12.1. The lowest BCUT2D eigenvalue weighted by atomic mass is 9.85. The molecule has 0 unspecified atom stereocenters. The number of para-hydroxylation sites is 1. The summed E-state index contributed by atoms with van der Waals surface area (Å²) < 4.78 is 7.41. The number of methoxy groups -OCH3 is 1. The third kappa shape index (κ3) is 3.60. The topological polar surface area (TPSA) is 89.3 Å². The van der Waals surface area contributed by atoms with Gasteiger partial charge >= 0.3 is 0 Å². The molecule has 1 aliphatic carbocycles. The molecular weight excluding hydrogens is 466 g/mol. The van der Waals surface area contributed by atoms with Crippen LogP contribution in [0.5, 0.6) is 5.75 Å². The number of hydrogen-bond donors (Lipinski definition) is 1. The molecule has 4 atom stereocenters. The van der Waals surface area contributed by atoms with E-state index in [-0.39, 0.29) is 41.7 Å². The first-order valence-electron chi connectivity index (χ1n) is 11.7. The fraction of sp³-hybridized carbons (Fsp3) is 0.308. The van der Waals surface area contributed by atoms with Crippen LogP contribution in [0.1, 0.15) is 42.5 Å². The van der Waals surface area contributed by atoms with Crippen LogP contribution < -0.4 is 15.0 Å². The van der Waals surface area contributed by atoms with Gasteiger partial charge in [0.1, 0.15) is 5.75 Å². The van der Waals surface area contributed by atoms with E-state index in [9.17, 15) is 9.59 Å². The second-order valence-electron chi connectivity index (χ2n) is 9.09. The largest absolute Gasteiger partial charge is 0.496 e. The molecule has 2 amide bonds. The van der Waals surface area contributed by atoms with E-state index < -0.39 is 0 Å². The predicted octanol–water partition coefficient (Wildman–Crippen LogP) is 4.54. The van der Waals surface area contributed by atoms with E-state index in [2.05, 4.69) is 10.3 Å². The first-order chi connectivity index (χ1) is 17.0. The lowest BCUT2D eigenvalue weighted by Gasteiger charge is -2.32. The fourth-order valence-electron chi connectivity index (χ4n) is 5.37. The molecule has 0 bridgehead atoms. The Balaban J connectivity index is 1.42. The summed E-state index contributed by atoms with van der Waals surface area (Å²) >= 11 is 6.11. The van der Waals surface area contributed by atoms with Gasteiger partial charge in [0, 0.05) is 10.6 Å². The van der Waals surface area contributed by atoms with E-state index in [0.29, 0.717) is 30.2 Å². The lowest BCUT2D eigenvalue weighted by molar-refractivity contribution is -0.122. The number of allylic oxidation sites excluding steroid dienone is 2. The van der Waals surface area contributed by atoms with E-state index in [1.807, 2.05) is 60.7 Å². The van der Waals surface area contributed by atoms with Crippen LogP contribution in [-0.2, 0) is 9.59 Å². The Morgan fingerprint density at radius 1 is 1.00 bits per heavy atom. The Morgan fingerprint density at radius 3 is 2.37 bits per heavy atom. The van der Waals surface area contributed by atoms with Crippen molar-refractivity contribution in [1.29, 1.82) is 0 Å². The molecule has 9 heteroatoms. The molecule has 0 saturated carbocycles. The monoisotopic (exact) mass is 489 g/mol. The summed E-state index contributed by atoms with van der Waals surface area (Å²) in [6.45, 7) is 0. The van der Waals surface area contributed by atoms with Crippen LogP contribution in [0.25, 0.3) is 0 Å². The predicted molar refractivity (Wildman–Crippen MR) is 131 cm³/mol. The first kappa shape index (κ1) is 21.9. The molecule has 0 spiro atoms. The number of halogens is 1. The van der Waals surface area contributed by atoms with Gasteiger partial charge in [0.15, 0.2) is 0 Å². The standard InChI is InChI=1S/C26H24ClN5O3/c1-35-22-9-5-4-8-19(22)21-14-20(15-10-12-16(27)13-11-15)28-25-29-26(30-32(21)25)31-23(33)17-6-2-3-7-18(17)24(31)34/h2-5,8-13,17-18,20-21H,6-7,14H2,1H3,(H,28,29,30)/t17-,18-,20+,21+/m0/s1. The van der Waals surface area contributed by atoms with Crippen LogP contribution in [-0.4, -0.2) is 33.7 Å². The fourth-order valence-corrected chi connectivity index (χ4v) is 5.50. The number of nitrogens with one attached hydrogen (secondary N) is 1. The van der Waals surface area contributed by atoms with Gasteiger partial charge in [0.2, 0.25) is 17.8 Å². The molecule has 6 rings (SSSR count). The third-order valence-corrected chi connectivity index (χ3v) is 7.41. The number of fused-ring (bicyclic) bond motifs is 2. The zero-order valence-corrected chi connectivity index (χ0v) is 19.9. The van der Waals surface area contributed by atoms with Crippen LogP contribution in [0, 0.1) is 11.8 Å². The van der Waals surface area contributed by atoms with Gasteiger partial charge in [-0.05, 0) is 43.0 Å². The molecule has 1 saturated heterocycles. The van der Waals surface area contributed by atoms with Crippen LogP contribution in [0.2, 0.25) is 5.02 Å². The molecule has 1 fully saturated rings. The number of nitrogens with zero attached hydrogens (tertiary/aromatic N) is 4. The van der Waals surface area contributed by atoms with Crippen molar-refractivity contribution in [3.8, 4) is 5.75 Å². The highest BCUT2D eigenvalue weighted by Gasteiger charge is 2.50. The Hall–Kier alpha value is -3.65. The molecule has 0 radical (unpaired) electrons. The number of rotatable bonds is 4. The van der Waals surface area contributed by atoms with Gasteiger partial charge in [-0.2, -0.15) is 4.98 Å². The maximum atomic E-state index is 13.2. The molecule has 3 heterocycles. The van der Waals surface area contributed by atoms with Crippen molar-refractivity contribution >= 4 is 35.3 Å². The second-order valence-corrected chi connectivity index (χ2v) is 9.53. The highest BCUT2D eigenvalue weighted by atomic mass is 35.5. The molecule has 2 aliphatic heterocycles. The zero-order valence-electron chi connectivity index (χ0n) is 19.1. The van der Waals surface area contributed by atoms with Gasteiger partial charge in [-0.15, -0.1) is 5.10 Å². The Labute approximate surface area is 207 Å². The molecule has 35 heavy (non-hydrogen) atoms. The van der Waals surface area contributed by atoms with Crippen LogP contribution >= 0.6 is 11.6 Å². The number of benzene rings is 2. The van der Waals surface area contributed by atoms with Gasteiger partial charge in [-0.25, -0.2) is 9.58 Å². The smallest absolute Gasteiger partial charge is 0.260 e. The number of hydrogen-bond acceptors (Lipinski definition) is 6. The number of anilines is 2. The van der Waals surface area contributed by atoms with Gasteiger partial charge in [0.25, 0.3) is 5.95 Å². The second kappa shape index (κ2) is 8.53. The van der Waals surface area contributed by atoms with E-state index in [1.165, 1.54) is 4.90 Å². The van der Waals surface area contributed by atoms with Crippen molar-refractivity contribution in [2.75, 3.05) is 17.3 Å². The van der Waals surface area contributed by atoms with Crippen LogP contribution in [0.4, 0.5) is 11.9 Å². The molecule has 3 aliphatic rings. The van der Waals surface area contributed by atoms with Crippen molar-refractivity contribution in [3.63, 3.8) is 0 Å². The maximum Gasteiger partial charge on any atom is 0.260 e. The summed E-state index contributed by atoms with van der Waals surface area (Å²) in [5.41, 5.74) is 2.00. The number of imide groups is 1. The van der Waals surface area contributed by atoms with Gasteiger partial charge in [-0.1, -0.05) is 54.1 Å². The number of carbonyl (C=O) groups excluding carboxylic acids is 2. The van der Waals surface area contributed by atoms with Gasteiger partial charge in [-0.3, -0.25) is 9.59 Å². The SMILES string of the molecule is COc1ccccc1[C@H]1C[C@H](c2ccc(Cl)cc2)Nc2nc(N3C(=O)[C@H]4CC=CC[C@@H]4C3=O)nn21. The van der Waals surface area contributed by atoms with Gasteiger partial charge < -0.3 is 10.1 Å². The minimum absolute atomic E-state index is 0.0801. The number of carbonyl (C=O) groups is 2. The molecule has 2 aromatic carbocycles. The van der Waals surface area contributed by atoms with Crippen molar-refractivity contribution in [2.45, 2.75) is 31.3 Å². The van der Waals surface area contributed by atoms with E-state index in [1.54, 1.807) is 11.8 Å². The number of aromatic nitrogens is 3. The average Bonchev–Trinajstić information content (AvgIpc) is 3.42. The number of ether oxygens (including phenoxy) is 1. The Kier molecular flexibility index (Phi) is 5.33. The lowest BCUT2D eigenvalue weighted by Crippen LogP contribution is -2.32. The number of amides is 2. The summed E-state index contributed by atoms with van der Waals surface area (Å²) in [7, 11) is 1.64. The molecular formula is C26H24ClN5O3. The normalized spacial score (nSPS) is 25.3. The summed E-state index contributed by atoms with van der Waals surface area (Å²) in [6.07, 6.45) is 5.74. The van der Waals surface area contributed by atoms with Crippen LogP contribution in [0.15, 0.2) is 60.7 Å². The molecule has 3 aromatic rings. The highest BCUT2D eigenvalue weighted by Crippen LogP contribution is 2.43. The van der Waals surface area contributed by atoms with Crippen molar-refractivity contribution in [2.24, 2.45) is 11.8 Å². The summed E-state index contributed by atoms with van der Waals surface area (Å²) in [6, 6.07) is 15.2. The Bertz CT molecular complexity index is 1310. The highest BCUT2D eigenvalue weighted by molar-refractivity contribution is 6.30. The summed E-state index contributed by atoms with van der Waals surface area (Å²) in [5, 5.41) is 8.81. The van der Waals surface area contributed by atoms with Crippen molar-refractivity contribution < 1.29 is 14.3 Å². The average molecular weight is 490 g/mol. The molecule has 178 valence electrons. The Morgan fingerprint density at radius 2 is 1.69 bits per heavy atom. The van der Waals surface area contributed by atoms with Gasteiger partial charge in [0.05, 0.1) is 31.0 Å². The molecule has 1 N–H and O–H groups in total. The molecule has 1 aromatic heterocycles. The van der Waals surface area contributed by atoms with Crippen LogP contribution in [0.3, 0.4) is 0 Å². The minimum atomic E-state index is -0.340. The van der Waals surface area contributed by atoms with Crippen molar-refractivity contribution in [3.05, 3.63) is 76.8 Å². The molecule has 8 nitrogen and oxygen atoms in total. The van der Waals surface area contributed by atoms with E-state index >= 15 is 0 Å². The maximum absolute atomic E-state index is 13.2. The summed E-state index contributed by atoms with van der Waals surface area (Å²) in [4.78, 5) is 32.2.